The van der Waals surface area contributed by atoms with Gasteiger partial charge in [0.25, 0.3) is 5.91 Å². The summed E-state index contributed by atoms with van der Waals surface area (Å²) in [6.07, 6.45) is 6.39. The van der Waals surface area contributed by atoms with E-state index < -0.39 is 0 Å². The zero-order valence-electron chi connectivity index (χ0n) is 14.8. The lowest BCUT2D eigenvalue weighted by molar-refractivity contribution is 0.0954. The Morgan fingerprint density at radius 3 is 2.88 bits per heavy atom. The Morgan fingerprint density at radius 1 is 1.15 bits per heavy atom. The number of fused-ring (bicyclic) bond motifs is 3. The maximum atomic E-state index is 12.3. The van der Waals surface area contributed by atoms with Crippen LogP contribution in [0.3, 0.4) is 0 Å². The number of benzene rings is 1. The minimum Gasteiger partial charge on any atom is -0.368 e. The maximum absolute atomic E-state index is 12.3. The Balaban J connectivity index is 1.42. The summed E-state index contributed by atoms with van der Waals surface area (Å²) >= 11 is 1.80. The number of aryl methyl sites for hydroxylation is 3. The van der Waals surface area contributed by atoms with Crippen molar-refractivity contribution < 1.29 is 4.79 Å². The molecule has 1 aliphatic rings. The van der Waals surface area contributed by atoms with Gasteiger partial charge >= 0.3 is 0 Å². The van der Waals surface area contributed by atoms with E-state index in [0.717, 1.165) is 34.6 Å². The molecule has 1 amide bonds. The van der Waals surface area contributed by atoms with Crippen molar-refractivity contribution in [2.45, 2.75) is 32.6 Å². The van der Waals surface area contributed by atoms with Crippen molar-refractivity contribution in [2.75, 3.05) is 18.4 Å². The number of aromatic nitrogens is 2. The second kappa shape index (κ2) is 7.41. The van der Waals surface area contributed by atoms with Crippen molar-refractivity contribution in [2.24, 2.45) is 0 Å². The molecule has 0 unspecified atom stereocenters. The monoisotopic (exact) mass is 366 g/mol. The fourth-order valence-electron chi connectivity index (χ4n) is 3.50. The molecule has 0 saturated carbocycles. The number of anilines is 1. The van der Waals surface area contributed by atoms with Crippen molar-refractivity contribution in [3.8, 4) is 0 Å². The summed E-state index contributed by atoms with van der Waals surface area (Å²) in [7, 11) is 0. The predicted octanol–water partition coefficient (Wildman–Crippen LogP) is 3.72. The van der Waals surface area contributed by atoms with Gasteiger partial charge in [0, 0.05) is 23.5 Å². The van der Waals surface area contributed by atoms with Crippen LogP contribution in [0.4, 0.5) is 5.82 Å². The first-order valence-corrected chi connectivity index (χ1v) is 9.88. The molecule has 0 fully saturated rings. The van der Waals surface area contributed by atoms with Gasteiger partial charge in [-0.2, -0.15) is 0 Å². The van der Waals surface area contributed by atoms with Crippen LogP contribution in [-0.2, 0) is 12.8 Å². The van der Waals surface area contributed by atoms with Gasteiger partial charge in [-0.15, -0.1) is 11.3 Å². The quantitative estimate of drug-likeness (QED) is 0.676. The number of amides is 1. The molecule has 0 atom stereocenters. The molecular weight excluding hydrogens is 344 g/mol. The van der Waals surface area contributed by atoms with E-state index in [1.807, 2.05) is 31.2 Å². The average molecular weight is 366 g/mol. The van der Waals surface area contributed by atoms with Crippen LogP contribution in [0.2, 0.25) is 0 Å². The number of rotatable bonds is 5. The molecule has 4 rings (SSSR count). The molecule has 0 aliphatic heterocycles. The third-order valence-electron chi connectivity index (χ3n) is 4.84. The number of thiophene rings is 1. The van der Waals surface area contributed by atoms with Crippen LogP contribution < -0.4 is 10.6 Å². The van der Waals surface area contributed by atoms with Gasteiger partial charge in [0.05, 0.1) is 5.39 Å². The Bertz CT molecular complexity index is 950. The molecular formula is C20H22N4OS. The topological polar surface area (TPSA) is 66.9 Å². The van der Waals surface area contributed by atoms with E-state index >= 15 is 0 Å². The van der Waals surface area contributed by atoms with E-state index in [2.05, 4.69) is 20.6 Å². The minimum absolute atomic E-state index is 0.0364. The smallest absolute Gasteiger partial charge is 0.251 e. The third kappa shape index (κ3) is 3.29. The van der Waals surface area contributed by atoms with Crippen LogP contribution in [0.1, 0.15) is 39.2 Å². The molecule has 0 radical (unpaired) electrons. The highest BCUT2D eigenvalue weighted by atomic mass is 32.1. The number of carbonyl (C=O) groups excluding carboxylic acids is 1. The lowest BCUT2D eigenvalue weighted by atomic mass is 9.97. The summed E-state index contributed by atoms with van der Waals surface area (Å²) < 4.78 is 0. The lowest BCUT2D eigenvalue weighted by Crippen LogP contribution is -2.29. The average Bonchev–Trinajstić information content (AvgIpc) is 3.05. The van der Waals surface area contributed by atoms with Crippen molar-refractivity contribution >= 4 is 33.3 Å². The van der Waals surface area contributed by atoms with Crippen LogP contribution in [-0.4, -0.2) is 29.0 Å². The second-order valence-corrected chi connectivity index (χ2v) is 7.69. The van der Waals surface area contributed by atoms with Crippen LogP contribution >= 0.6 is 11.3 Å². The summed E-state index contributed by atoms with van der Waals surface area (Å²) in [5, 5.41) is 7.54. The molecule has 0 spiro atoms. The van der Waals surface area contributed by atoms with Crippen molar-refractivity contribution in [3.63, 3.8) is 0 Å². The van der Waals surface area contributed by atoms with E-state index in [1.165, 1.54) is 28.7 Å². The van der Waals surface area contributed by atoms with E-state index in [0.29, 0.717) is 13.1 Å². The van der Waals surface area contributed by atoms with Crippen LogP contribution in [0.5, 0.6) is 0 Å². The van der Waals surface area contributed by atoms with Gasteiger partial charge in [0.2, 0.25) is 0 Å². The molecule has 6 heteroatoms. The first-order valence-electron chi connectivity index (χ1n) is 9.07. The number of nitrogens with zero attached hydrogens (tertiary/aromatic N) is 2. The molecule has 2 N–H and O–H groups in total. The third-order valence-corrected chi connectivity index (χ3v) is 6.04. The Morgan fingerprint density at radius 2 is 2.00 bits per heavy atom. The van der Waals surface area contributed by atoms with Gasteiger partial charge in [0.1, 0.15) is 17.0 Å². The predicted molar refractivity (Wildman–Crippen MR) is 106 cm³/mol. The number of hydrogen-bond acceptors (Lipinski definition) is 5. The second-order valence-electron chi connectivity index (χ2n) is 6.61. The number of nitrogens with one attached hydrogen (secondary N) is 2. The van der Waals surface area contributed by atoms with Gasteiger partial charge in [-0.1, -0.05) is 18.2 Å². The number of carbonyl (C=O) groups is 1. The van der Waals surface area contributed by atoms with Crippen LogP contribution in [0, 0.1) is 6.92 Å². The molecule has 134 valence electrons. The van der Waals surface area contributed by atoms with Crippen LogP contribution in [0.25, 0.3) is 10.2 Å². The van der Waals surface area contributed by atoms with Crippen molar-refractivity contribution in [1.29, 1.82) is 0 Å². The van der Waals surface area contributed by atoms with E-state index in [4.69, 9.17) is 0 Å². The summed E-state index contributed by atoms with van der Waals surface area (Å²) in [5.41, 5.74) is 3.13. The fourth-order valence-corrected chi connectivity index (χ4v) is 4.73. The standard InChI is InChI=1S/C20H22N4OS/c1-13-6-2-3-7-14(13)19(25)22-11-10-21-18-17-15-8-4-5-9-16(15)26-20(17)24-12-23-18/h2-3,6-7,12H,4-5,8-11H2,1H3,(H,22,25)(H,21,23,24). The zero-order chi connectivity index (χ0) is 17.9. The van der Waals surface area contributed by atoms with Gasteiger partial charge in [-0.05, 0) is 49.8 Å². The minimum atomic E-state index is -0.0364. The van der Waals surface area contributed by atoms with Gasteiger partial charge in [-0.25, -0.2) is 9.97 Å². The Hall–Kier alpha value is -2.47. The van der Waals surface area contributed by atoms with Crippen molar-refractivity contribution in [3.05, 3.63) is 52.2 Å². The molecule has 2 heterocycles. The molecule has 1 aliphatic carbocycles. The highest BCUT2D eigenvalue weighted by molar-refractivity contribution is 7.19. The highest BCUT2D eigenvalue weighted by Crippen LogP contribution is 2.37. The first kappa shape index (κ1) is 17.0. The fraction of sp³-hybridized carbons (Fsp3) is 0.350. The molecule has 0 bridgehead atoms. The molecule has 0 saturated heterocycles. The zero-order valence-corrected chi connectivity index (χ0v) is 15.7. The van der Waals surface area contributed by atoms with E-state index in [-0.39, 0.29) is 5.91 Å². The summed E-state index contributed by atoms with van der Waals surface area (Å²) in [6.45, 7) is 3.13. The maximum Gasteiger partial charge on any atom is 0.251 e. The van der Waals surface area contributed by atoms with Crippen molar-refractivity contribution in [1.82, 2.24) is 15.3 Å². The van der Waals surface area contributed by atoms with Crippen LogP contribution in [0.15, 0.2) is 30.6 Å². The SMILES string of the molecule is Cc1ccccc1C(=O)NCCNc1ncnc2sc3c(c12)CCCC3. The Kier molecular flexibility index (Phi) is 4.84. The summed E-state index contributed by atoms with van der Waals surface area (Å²) in [6, 6.07) is 7.63. The molecule has 26 heavy (non-hydrogen) atoms. The molecule has 2 aromatic heterocycles. The summed E-state index contributed by atoms with van der Waals surface area (Å²) in [5.74, 6) is 0.852. The van der Waals surface area contributed by atoms with Gasteiger partial charge in [-0.3, -0.25) is 4.79 Å². The van der Waals surface area contributed by atoms with Gasteiger partial charge < -0.3 is 10.6 Å². The summed E-state index contributed by atoms with van der Waals surface area (Å²) in [4.78, 5) is 23.7. The molecule has 5 nitrogen and oxygen atoms in total. The molecule has 3 aromatic rings. The van der Waals surface area contributed by atoms with E-state index in [9.17, 15) is 4.79 Å². The number of hydrogen-bond donors (Lipinski definition) is 2. The van der Waals surface area contributed by atoms with Gasteiger partial charge in [0.15, 0.2) is 0 Å². The lowest BCUT2D eigenvalue weighted by Gasteiger charge is -2.13. The largest absolute Gasteiger partial charge is 0.368 e. The Labute approximate surface area is 156 Å². The highest BCUT2D eigenvalue weighted by Gasteiger charge is 2.19. The normalized spacial score (nSPS) is 13.4. The first-order chi connectivity index (χ1) is 12.7. The van der Waals surface area contributed by atoms with E-state index in [1.54, 1.807) is 17.7 Å². The molecule has 1 aromatic carbocycles.